The van der Waals surface area contributed by atoms with Crippen LogP contribution in [0.25, 0.3) is 0 Å². The van der Waals surface area contributed by atoms with Crippen LogP contribution in [0.2, 0.25) is 0 Å². The average molecular weight is 183 g/mol. The largest absolute Gasteiger partial charge is 0.380 e. The molecule has 0 bridgehead atoms. The van der Waals surface area contributed by atoms with Crippen molar-refractivity contribution in [1.29, 1.82) is 0 Å². The summed E-state index contributed by atoms with van der Waals surface area (Å²) in [4.78, 5) is 0. The van der Waals surface area contributed by atoms with E-state index in [1.807, 2.05) is 0 Å². The van der Waals surface area contributed by atoms with Crippen LogP contribution in [0.15, 0.2) is 0 Å². The Hall–Kier alpha value is -0.200. The molecule has 4 nitrogen and oxygen atoms in total. The van der Waals surface area contributed by atoms with Gasteiger partial charge in [0.25, 0.3) is 0 Å². The maximum atomic E-state index is 12.2. The van der Waals surface area contributed by atoms with Gasteiger partial charge in [-0.1, -0.05) is 0 Å². The Morgan fingerprint density at radius 1 is 1.55 bits per heavy atom. The van der Waals surface area contributed by atoms with E-state index in [2.05, 4.69) is 0 Å². The minimum atomic E-state index is -4.41. The molecular weight excluding hydrogens is 173 g/mol. The Morgan fingerprint density at radius 2 is 2.09 bits per heavy atom. The zero-order chi connectivity index (χ0) is 8.54. The summed E-state index contributed by atoms with van der Waals surface area (Å²) in [6, 6.07) is 0. The maximum absolute atomic E-state index is 12.2. The molecule has 11 heavy (non-hydrogen) atoms. The molecule has 1 aliphatic heterocycles. The SMILES string of the molecule is NCC1(CS(=O)(=O)F)COC1. The van der Waals surface area contributed by atoms with Gasteiger partial charge in [0.2, 0.25) is 0 Å². The first kappa shape index (κ1) is 8.89. The van der Waals surface area contributed by atoms with Crippen molar-refractivity contribution in [2.75, 3.05) is 25.5 Å². The number of hydrogen-bond donors (Lipinski definition) is 1. The minimum absolute atomic E-state index is 0.149. The van der Waals surface area contributed by atoms with Crippen LogP contribution in [0, 0.1) is 5.41 Å². The Kier molecular flexibility index (Phi) is 2.17. The summed E-state index contributed by atoms with van der Waals surface area (Å²) >= 11 is 0. The smallest absolute Gasteiger partial charge is 0.303 e. The minimum Gasteiger partial charge on any atom is -0.380 e. The standard InChI is InChI=1S/C5H10FNO3S/c6-11(8,9)4-5(1-7)2-10-3-5/h1-4,7H2. The topological polar surface area (TPSA) is 69.4 Å². The maximum Gasteiger partial charge on any atom is 0.303 e. The fraction of sp³-hybridized carbons (Fsp3) is 1.00. The highest BCUT2D eigenvalue weighted by Gasteiger charge is 2.41. The van der Waals surface area contributed by atoms with Crippen molar-refractivity contribution in [3.8, 4) is 0 Å². The first-order valence-corrected chi connectivity index (χ1v) is 4.73. The first-order chi connectivity index (χ1) is 4.97. The molecule has 0 aromatic heterocycles. The Labute approximate surface area is 64.7 Å². The summed E-state index contributed by atoms with van der Waals surface area (Å²) in [5.74, 6) is -0.517. The second-order valence-electron chi connectivity index (χ2n) is 2.88. The van der Waals surface area contributed by atoms with Crippen LogP contribution in [-0.4, -0.2) is 33.9 Å². The van der Waals surface area contributed by atoms with E-state index in [-0.39, 0.29) is 19.8 Å². The van der Waals surface area contributed by atoms with Gasteiger partial charge in [-0.15, -0.1) is 3.89 Å². The van der Waals surface area contributed by atoms with Gasteiger partial charge >= 0.3 is 10.2 Å². The predicted molar refractivity (Wildman–Crippen MR) is 37.2 cm³/mol. The Morgan fingerprint density at radius 3 is 2.18 bits per heavy atom. The average Bonchev–Trinajstić information content (AvgIpc) is 1.77. The normalized spacial score (nSPS) is 22.7. The van der Waals surface area contributed by atoms with Crippen LogP contribution >= 0.6 is 0 Å². The lowest BCUT2D eigenvalue weighted by Crippen LogP contribution is -2.52. The Bertz CT molecular complexity index is 229. The third-order valence-electron chi connectivity index (χ3n) is 1.73. The first-order valence-electron chi connectivity index (χ1n) is 3.18. The highest BCUT2D eigenvalue weighted by Crippen LogP contribution is 2.28. The molecule has 1 fully saturated rings. The summed E-state index contributed by atoms with van der Waals surface area (Å²) < 4.78 is 37.4. The van der Waals surface area contributed by atoms with Crippen LogP contribution in [0.5, 0.6) is 0 Å². The molecule has 1 rings (SSSR count). The molecule has 0 aliphatic carbocycles. The molecule has 0 aromatic carbocycles. The highest BCUT2D eigenvalue weighted by atomic mass is 32.3. The van der Waals surface area contributed by atoms with Crippen LogP contribution in [0.4, 0.5) is 3.89 Å². The third-order valence-corrected chi connectivity index (χ3v) is 2.69. The fourth-order valence-electron chi connectivity index (χ4n) is 1.02. The molecule has 0 saturated carbocycles. The molecule has 66 valence electrons. The molecule has 0 radical (unpaired) electrons. The summed E-state index contributed by atoms with van der Waals surface area (Å²) in [5.41, 5.74) is 4.61. The molecule has 0 atom stereocenters. The molecule has 1 saturated heterocycles. The number of nitrogens with two attached hydrogens (primary N) is 1. The van der Waals surface area contributed by atoms with Crippen molar-refractivity contribution in [2.45, 2.75) is 0 Å². The van der Waals surface area contributed by atoms with E-state index in [1.54, 1.807) is 0 Å². The van der Waals surface area contributed by atoms with Gasteiger partial charge in [-0.3, -0.25) is 0 Å². The van der Waals surface area contributed by atoms with Gasteiger partial charge in [0.05, 0.1) is 19.0 Å². The van der Waals surface area contributed by atoms with Crippen molar-refractivity contribution in [3.05, 3.63) is 0 Å². The van der Waals surface area contributed by atoms with Crippen LogP contribution in [0.1, 0.15) is 0 Å². The summed E-state index contributed by atoms with van der Waals surface area (Å²) in [6.07, 6.45) is 0. The molecular formula is C5H10FNO3S. The van der Waals surface area contributed by atoms with Crippen LogP contribution in [0.3, 0.4) is 0 Å². The lowest BCUT2D eigenvalue weighted by Gasteiger charge is -2.38. The molecule has 0 amide bonds. The zero-order valence-electron chi connectivity index (χ0n) is 5.92. The van der Waals surface area contributed by atoms with Crippen molar-refractivity contribution in [1.82, 2.24) is 0 Å². The van der Waals surface area contributed by atoms with E-state index in [4.69, 9.17) is 10.5 Å². The molecule has 0 unspecified atom stereocenters. The molecule has 0 aromatic rings. The van der Waals surface area contributed by atoms with Gasteiger partial charge in [0.15, 0.2) is 0 Å². The monoisotopic (exact) mass is 183 g/mol. The second-order valence-corrected chi connectivity index (χ2v) is 4.25. The van der Waals surface area contributed by atoms with Crippen molar-refractivity contribution in [2.24, 2.45) is 11.1 Å². The quantitative estimate of drug-likeness (QED) is 0.585. The molecule has 6 heteroatoms. The highest BCUT2D eigenvalue weighted by molar-refractivity contribution is 7.86. The molecule has 0 spiro atoms. The number of ether oxygens (including phenoxy) is 1. The predicted octanol–water partition coefficient (Wildman–Crippen LogP) is -0.739. The van der Waals surface area contributed by atoms with Gasteiger partial charge < -0.3 is 10.5 Å². The van der Waals surface area contributed by atoms with E-state index in [9.17, 15) is 12.3 Å². The van der Waals surface area contributed by atoms with Crippen LogP contribution < -0.4 is 5.73 Å². The van der Waals surface area contributed by atoms with Gasteiger partial charge in [0, 0.05) is 12.0 Å². The molecule has 1 heterocycles. The number of rotatable bonds is 3. The fourth-order valence-corrected chi connectivity index (χ4v) is 2.03. The van der Waals surface area contributed by atoms with Crippen molar-refractivity contribution < 1.29 is 17.0 Å². The Balaban J connectivity index is 2.59. The zero-order valence-corrected chi connectivity index (χ0v) is 6.73. The van der Waals surface area contributed by atoms with E-state index in [0.717, 1.165) is 0 Å². The van der Waals surface area contributed by atoms with Gasteiger partial charge in [0.1, 0.15) is 0 Å². The van der Waals surface area contributed by atoms with Crippen molar-refractivity contribution in [3.63, 3.8) is 0 Å². The van der Waals surface area contributed by atoms with Gasteiger partial charge in [-0.25, -0.2) is 0 Å². The lowest BCUT2D eigenvalue weighted by molar-refractivity contribution is -0.0928. The van der Waals surface area contributed by atoms with Crippen LogP contribution in [-0.2, 0) is 15.0 Å². The summed E-state index contributed by atoms with van der Waals surface area (Å²) in [6.45, 7) is 0.634. The molecule has 1 aliphatic rings. The van der Waals surface area contributed by atoms with E-state index in [1.165, 1.54) is 0 Å². The summed E-state index contributed by atoms with van der Waals surface area (Å²) in [7, 11) is -4.41. The third kappa shape index (κ3) is 2.11. The molecule has 2 N–H and O–H groups in total. The second kappa shape index (κ2) is 2.69. The van der Waals surface area contributed by atoms with E-state index >= 15 is 0 Å². The lowest BCUT2D eigenvalue weighted by atomic mass is 9.89. The van der Waals surface area contributed by atoms with E-state index in [0.29, 0.717) is 0 Å². The van der Waals surface area contributed by atoms with Crippen molar-refractivity contribution >= 4 is 10.2 Å². The number of halogens is 1. The summed E-state index contributed by atoms with van der Waals surface area (Å²) in [5, 5.41) is 0. The number of hydrogen-bond acceptors (Lipinski definition) is 4. The van der Waals surface area contributed by atoms with E-state index < -0.39 is 21.4 Å². The van der Waals surface area contributed by atoms with Gasteiger partial charge in [-0.2, -0.15) is 8.42 Å². The van der Waals surface area contributed by atoms with Gasteiger partial charge in [-0.05, 0) is 0 Å².